The molecule has 1 aliphatic heterocycles. The third-order valence-electron chi connectivity index (χ3n) is 7.30. The number of para-hydroxylation sites is 1. The van der Waals surface area contributed by atoms with E-state index in [-0.39, 0.29) is 5.41 Å². The van der Waals surface area contributed by atoms with Crippen LogP contribution >= 0.6 is 0 Å². The predicted octanol–water partition coefficient (Wildman–Crippen LogP) is 8.63. The van der Waals surface area contributed by atoms with Gasteiger partial charge in [-0.2, -0.15) is 0 Å². The van der Waals surface area contributed by atoms with Crippen molar-refractivity contribution in [1.82, 2.24) is 4.98 Å². The maximum Gasteiger partial charge on any atom is 0.152 e. The summed E-state index contributed by atoms with van der Waals surface area (Å²) in [6.07, 6.45) is 1.83. The van der Waals surface area contributed by atoms with E-state index in [0.717, 1.165) is 39.8 Å². The Balaban J connectivity index is 1.53. The molecule has 2 aliphatic rings. The van der Waals surface area contributed by atoms with E-state index < -0.39 is 0 Å². The van der Waals surface area contributed by atoms with Crippen LogP contribution < -0.4 is 9.64 Å². The number of fused-ring (bicyclic) bond motifs is 6. The quantitative estimate of drug-likeness (QED) is 0.263. The van der Waals surface area contributed by atoms with Crippen molar-refractivity contribution in [2.75, 3.05) is 4.90 Å². The van der Waals surface area contributed by atoms with Gasteiger partial charge in [0, 0.05) is 28.4 Å². The Morgan fingerprint density at radius 2 is 1.49 bits per heavy atom. The largest absolute Gasteiger partial charge is 0.453 e. The van der Waals surface area contributed by atoms with Crippen LogP contribution in [0.4, 0.5) is 17.1 Å². The fraction of sp³-hybridized carbons (Fsp3) is 0.0938. The smallest absolute Gasteiger partial charge is 0.152 e. The molecule has 168 valence electrons. The number of hydrogen-bond donors (Lipinski definition) is 0. The zero-order chi connectivity index (χ0) is 23.6. The highest BCUT2D eigenvalue weighted by Crippen LogP contribution is 2.60. The van der Waals surface area contributed by atoms with Gasteiger partial charge in [0.05, 0.1) is 17.1 Å². The van der Waals surface area contributed by atoms with Gasteiger partial charge < -0.3 is 9.64 Å². The molecular weight excluding hydrogens is 428 g/mol. The summed E-state index contributed by atoms with van der Waals surface area (Å²) in [4.78, 5) is 6.95. The molecule has 0 spiro atoms. The summed E-state index contributed by atoms with van der Waals surface area (Å²) in [5, 5.41) is 0. The molecule has 4 aromatic carbocycles. The van der Waals surface area contributed by atoms with Crippen LogP contribution in [0.2, 0.25) is 0 Å². The second-order valence-corrected chi connectivity index (χ2v) is 9.68. The summed E-state index contributed by atoms with van der Waals surface area (Å²) in [5.74, 6) is 1.71. The first-order chi connectivity index (χ1) is 17.1. The monoisotopic (exact) mass is 452 g/mol. The van der Waals surface area contributed by atoms with Crippen molar-refractivity contribution in [3.8, 4) is 33.9 Å². The molecule has 0 atom stereocenters. The van der Waals surface area contributed by atoms with E-state index in [1.165, 1.54) is 22.3 Å². The summed E-state index contributed by atoms with van der Waals surface area (Å²) in [6.45, 7) is 4.63. The van der Waals surface area contributed by atoms with Gasteiger partial charge in [-0.1, -0.05) is 68.4 Å². The fourth-order valence-electron chi connectivity index (χ4n) is 5.62. The summed E-state index contributed by atoms with van der Waals surface area (Å²) in [5.41, 5.74) is 10.3. The second kappa shape index (κ2) is 7.31. The third-order valence-corrected chi connectivity index (χ3v) is 7.30. The number of hydrogen-bond acceptors (Lipinski definition) is 3. The van der Waals surface area contributed by atoms with Gasteiger partial charge in [-0.05, 0) is 65.2 Å². The Hall–Kier alpha value is -4.37. The van der Waals surface area contributed by atoms with Crippen LogP contribution in [-0.2, 0) is 5.41 Å². The zero-order valence-electron chi connectivity index (χ0n) is 19.7. The molecule has 35 heavy (non-hydrogen) atoms. The van der Waals surface area contributed by atoms with E-state index in [0.29, 0.717) is 0 Å². The van der Waals surface area contributed by atoms with Gasteiger partial charge >= 0.3 is 0 Å². The van der Waals surface area contributed by atoms with Crippen molar-refractivity contribution < 1.29 is 4.74 Å². The van der Waals surface area contributed by atoms with E-state index in [1.54, 1.807) is 0 Å². The van der Waals surface area contributed by atoms with Crippen molar-refractivity contribution in [2.24, 2.45) is 0 Å². The van der Waals surface area contributed by atoms with Crippen molar-refractivity contribution in [3.05, 3.63) is 120 Å². The SMILES string of the molecule is CC1(C)c2ccccc2-c2c1ccc1c2N(c2ccccc2)c2cc(-c3ccccn3)ccc2O1. The first kappa shape index (κ1) is 20.0. The highest BCUT2D eigenvalue weighted by atomic mass is 16.5. The lowest BCUT2D eigenvalue weighted by molar-refractivity contribution is 0.477. The van der Waals surface area contributed by atoms with Gasteiger partial charge in [0.2, 0.25) is 0 Å². The molecular formula is C32H24N2O. The molecule has 3 nitrogen and oxygen atoms in total. The number of nitrogens with zero attached hydrogens (tertiary/aromatic N) is 2. The maximum atomic E-state index is 6.57. The fourth-order valence-corrected chi connectivity index (χ4v) is 5.62. The van der Waals surface area contributed by atoms with Crippen LogP contribution in [0.15, 0.2) is 109 Å². The van der Waals surface area contributed by atoms with Crippen molar-refractivity contribution in [3.63, 3.8) is 0 Å². The van der Waals surface area contributed by atoms with Crippen LogP contribution in [-0.4, -0.2) is 4.98 Å². The highest BCUT2D eigenvalue weighted by molar-refractivity contribution is 6.00. The van der Waals surface area contributed by atoms with E-state index in [2.05, 4.69) is 109 Å². The minimum absolute atomic E-state index is 0.0839. The Kier molecular flexibility index (Phi) is 4.19. The summed E-state index contributed by atoms with van der Waals surface area (Å²) in [6, 6.07) is 36.1. The molecule has 0 fully saturated rings. The Bertz CT molecular complexity index is 1590. The van der Waals surface area contributed by atoms with E-state index in [1.807, 2.05) is 24.4 Å². The van der Waals surface area contributed by atoms with Crippen LogP contribution in [0.5, 0.6) is 11.5 Å². The molecule has 0 bridgehead atoms. The molecule has 1 aliphatic carbocycles. The second-order valence-electron chi connectivity index (χ2n) is 9.68. The molecule has 7 rings (SSSR count). The lowest BCUT2D eigenvalue weighted by Gasteiger charge is -2.35. The van der Waals surface area contributed by atoms with Gasteiger partial charge in [0.15, 0.2) is 11.5 Å². The molecule has 3 heteroatoms. The van der Waals surface area contributed by atoms with Crippen molar-refractivity contribution >= 4 is 17.1 Å². The average Bonchev–Trinajstić information content (AvgIpc) is 3.15. The van der Waals surface area contributed by atoms with Crippen molar-refractivity contribution in [1.29, 1.82) is 0 Å². The standard InChI is InChI=1S/C32H24N2O/c1-32(2)24-13-7-6-12-23(24)30-25(32)16-18-29-31(30)34(22-10-4-3-5-11-22)27-20-21(15-17-28(27)35-29)26-14-8-9-19-33-26/h3-20H,1-2H3. The Labute approximate surface area is 205 Å². The first-order valence-corrected chi connectivity index (χ1v) is 12.0. The number of aromatic nitrogens is 1. The molecule has 1 aromatic heterocycles. The van der Waals surface area contributed by atoms with Gasteiger partial charge in [0.25, 0.3) is 0 Å². The molecule has 0 amide bonds. The first-order valence-electron chi connectivity index (χ1n) is 12.0. The number of pyridine rings is 1. The molecule has 2 heterocycles. The highest BCUT2D eigenvalue weighted by Gasteiger charge is 2.40. The maximum absolute atomic E-state index is 6.57. The van der Waals surface area contributed by atoms with Gasteiger partial charge in [-0.25, -0.2) is 0 Å². The lowest BCUT2D eigenvalue weighted by Crippen LogP contribution is -2.19. The van der Waals surface area contributed by atoms with E-state index in [9.17, 15) is 0 Å². The average molecular weight is 453 g/mol. The molecule has 0 saturated carbocycles. The van der Waals surface area contributed by atoms with Gasteiger partial charge in [-0.3, -0.25) is 4.98 Å². The molecule has 0 saturated heterocycles. The molecule has 0 radical (unpaired) electrons. The number of rotatable bonds is 2. The minimum Gasteiger partial charge on any atom is -0.453 e. The Morgan fingerprint density at radius 3 is 2.31 bits per heavy atom. The Morgan fingerprint density at radius 1 is 0.714 bits per heavy atom. The van der Waals surface area contributed by atoms with Crippen LogP contribution in [0.1, 0.15) is 25.0 Å². The number of ether oxygens (including phenoxy) is 1. The summed E-state index contributed by atoms with van der Waals surface area (Å²) < 4.78 is 6.57. The zero-order valence-corrected chi connectivity index (χ0v) is 19.7. The normalized spacial score (nSPS) is 14.4. The van der Waals surface area contributed by atoms with Gasteiger partial charge in [-0.15, -0.1) is 0 Å². The van der Waals surface area contributed by atoms with Gasteiger partial charge in [0.1, 0.15) is 0 Å². The number of anilines is 3. The van der Waals surface area contributed by atoms with Crippen molar-refractivity contribution in [2.45, 2.75) is 19.3 Å². The molecule has 5 aromatic rings. The minimum atomic E-state index is -0.0839. The van der Waals surface area contributed by atoms with E-state index in [4.69, 9.17) is 4.74 Å². The summed E-state index contributed by atoms with van der Waals surface area (Å²) >= 11 is 0. The predicted molar refractivity (Wildman–Crippen MR) is 142 cm³/mol. The topological polar surface area (TPSA) is 25.4 Å². The molecule has 0 N–H and O–H groups in total. The number of benzene rings is 4. The van der Waals surface area contributed by atoms with Crippen LogP contribution in [0.25, 0.3) is 22.4 Å². The third kappa shape index (κ3) is 2.88. The van der Waals surface area contributed by atoms with E-state index >= 15 is 0 Å². The summed E-state index contributed by atoms with van der Waals surface area (Å²) in [7, 11) is 0. The van der Waals surface area contributed by atoms with Crippen LogP contribution in [0.3, 0.4) is 0 Å². The lowest BCUT2D eigenvalue weighted by atomic mass is 9.82. The van der Waals surface area contributed by atoms with Crippen LogP contribution in [0, 0.1) is 0 Å². The molecule has 0 unspecified atom stereocenters.